The molecule has 2 heterocycles. The zero-order valence-electron chi connectivity index (χ0n) is 15.4. The summed E-state index contributed by atoms with van der Waals surface area (Å²) in [5.74, 6) is -0.161. The van der Waals surface area contributed by atoms with Crippen LogP contribution < -0.4 is 21.5 Å². The van der Waals surface area contributed by atoms with E-state index in [1.54, 1.807) is 24.6 Å². The Morgan fingerprint density at radius 1 is 1.37 bits per heavy atom. The molecule has 27 heavy (non-hydrogen) atoms. The number of aryl methyl sites for hydroxylation is 1. The van der Waals surface area contributed by atoms with Crippen molar-refractivity contribution in [2.75, 3.05) is 12.4 Å². The van der Waals surface area contributed by atoms with Crippen molar-refractivity contribution in [1.29, 1.82) is 5.41 Å². The molecule has 1 saturated carbocycles. The van der Waals surface area contributed by atoms with Crippen molar-refractivity contribution in [2.45, 2.75) is 44.7 Å². The first-order valence-electron chi connectivity index (χ1n) is 8.84. The molecule has 1 aromatic rings. The lowest BCUT2D eigenvalue weighted by Gasteiger charge is -2.35. The normalized spacial score (nSPS) is 18.4. The van der Waals surface area contributed by atoms with Crippen molar-refractivity contribution in [2.24, 2.45) is 4.99 Å². The number of carbonyl (C=O) groups excluding carboxylic acids is 1. The van der Waals surface area contributed by atoms with Gasteiger partial charge in [0.2, 0.25) is 0 Å². The van der Waals surface area contributed by atoms with Crippen molar-refractivity contribution < 1.29 is 4.79 Å². The van der Waals surface area contributed by atoms with Crippen molar-refractivity contribution in [1.82, 2.24) is 15.2 Å². The number of amidine groups is 1. The van der Waals surface area contributed by atoms with Gasteiger partial charge in [0.1, 0.15) is 27.9 Å². The van der Waals surface area contributed by atoms with Crippen LogP contribution in [0.4, 0.5) is 5.69 Å². The van der Waals surface area contributed by atoms with E-state index in [0.717, 1.165) is 32.1 Å². The van der Waals surface area contributed by atoms with Gasteiger partial charge in [0, 0.05) is 7.05 Å². The van der Waals surface area contributed by atoms with Gasteiger partial charge < -0.3 is 16.0 Å². The molecule has 0 aromatic carbocycles. The van der Waals surface area contributed by atoms with E-state index >= 15 is 0 Å². The lowest BCUT2D eigenvalue weighted by Crippen LogP contribution is -2.49. The lowest BCUT2D eigenvalue weighted by atomic mass is 9.89. The first kappa shape index (κ1) is 19.2. The fourth-order valence-corrected chi connectivity index (χ4v) is 4.09. The molecule has 1 aliphatic heterocycles. The Kier molecular flexibility index (Phi) is 5.10. The smallest absolute Gasteiger partial charge is 0.276 e. The van der Waals surface area contributed by atoms with Crippen LogP contribution in [-0.2, 0) is 5.66 Å². The van der Waals surface area contributed by atoms with Gasteiger partial charge in [-0.2, -0.15) is 0 Å². The van der Waals surface area contributed by atoms with Gasteiger partial charge >= 0.3 is 0 Å². The third kappa shape index (κ3) is 3.14. The molecule has 1 amide bonds. The third-order valence-electron chi connectivity index (χ3n) is 5.16. The van der Waals surface area contributed by atoms with Gasteiger partial charge in [0.05, 0.1) is 0 Å². The van der Waals surface area contributed by atoms with Crippen LogP contribution in [-0.4, -0.2) is 30.1 Å². The minimum absolute atomic E-state index is 0.0108. The number of anilines is 1. The van der Waals surface area contributed by atoms with E-state index in [-0.39, 0.29) is 33.8 Å². The van der Waals surface area contributed by atoms with E-state index in [4.69, 9.17) is 17.0 Å². The van der Waals surface area contributed by atoms with Crippen LogP contribution in [0, 0.1) is 12.3 Å². The monoisotopic (exact) mass is 390 g/mol. The highest BCUT2D eigenvalue weighted by atomic mass is 35.5. The first-order valence-corrected chi connectivity index (χ1v) is 9.22. The standard InChI is InChI=1S/C18H23ClN6O2/c1-10-9-11(23-15(22-3)12(19)14(20)21-2)17(27)25-13(10)16(26)24-18(25)7-5-4-6-8-18/h9,20,22-23H,2,4-8H2,1,3H3,(H,24,26). The molecule has 1 fully saturated rings. The molecule has 1 aliphatic carbocycles. The predicted octanol–water partition coefficient (Wildman–Crippen LogP) is 2.23. The molecule has 0 saturated heterocycles. The summed E-state index contributed by atoms with van der Waals surface area (Å²) in [5, 5.41) is 16.6. The summed E-state index contributed by atoms with van der Waals surface area (Å²) < 4.78 is 1.60. The fraction of sp³-hybridized carbons (Fsp3) is 0.444. The molecular formula is C18H23ClN6O2. The van der Waals surface area contributed by atoms with E-state index in [9.17, 15) is 9.59 Å². The minimum Gasteiger partial charge on any atom is -0.373 e. The number of halogens is 1. The van der Waals surface area contributed by atoms with Crippen LogP contribution in [0.15, 0.2) is 26.7 Å². The number of aliphatic imine (C=N–C) groups is 1. The maximum Gasteiger partial charge on any atom is 0.276 e. The van der Waals surface area contributed by atoms with E-state index in [1.165, 1.54) is 0 Å². The Morgan fingerprint density at radius 3 is 2.63 bits per heavy atom. The molecule has 2 aliphatic rings. The summed E-state index contributed by atoms with van der Waals surface area (Å²) in [4.78, 5) is 29.3. The molecule has 0 unspecified atom stereocenters. The second-order valence-electron chi connectivity index (χ2n) is 6.85. The number of hydrogen-bond donors (Lipinski definition) is 4. The molecule has 0 bridgehead atoms. The van der Waals surface area contributed by atoms with Gasteiger partial charge in [-0.1, -0.05) is 18.0 Å². The van der Waals surface area contributed by atoms with Crippen LogP contribution in [0.1, 0.15) is 48.2 Å². The minimum atomic E-state index is -0.660. The van der Waals surface area contributed by atoms with Crippen molar-refractivity contribution in [3.05, 3.63) is 38.5 Å². The average Bonchev–Trinajstić information content (AvgIpc) is 2.94. The zero-order valence-corrected chi connectivity index (χ0v) is 16.2. The fourth-order valence-electron chi connectivity index (χ4n) is 3.88. The highest BCUT2D eigenvalue weighted by molar-refractivity contribution is 6.43. The van der Waals surface area contributed by atoms with Crippen LogP contribution in [0.2, 0.25) is 0 Å². The topological polar surface area (TPSA) is 111 Å². The number of nitrogens with zero attached hydrogens (tertiary/aromatic N) is 2. The van der Waals surface area contributed by atoms with Gasteiger partial charge in [0.25, 0.3) is 11.5 Å². The molecule has 1 spiro atoms. The number of fused-ring (bicyclic) bond motifs is 2. The second-order valence-corrected chi connectivity index (χ2v) is 7.23. The Balaban J connectivity index is 2.13. The zero-order chi connectivity index (χ0) is 19.8. The maximum atomic E-state index is 13.3. The molecule has 1 aromatic heterocycles. The predicted molar refractivity (Wildman–Crippen MR) is 107 cm³/mol. The molecule has 0 radical (unpaired) electrons. The van der Waals surface area contributed by atoms with Crippen molar-refractivity contribution >= 4 is 35.7 Å². The number of nitrogens with one attached hydrogen (secondary N) is 4. The van der Waals surface area contributed by atoms with E-state index in [1.807, 2.05) is 0 Å². The largest absolute Gasteiger partial charge is 0.373 e. The Labute approximate surface area is 162 Å². The second kappa shape index (κ2) is 7.19. The van der Waals surface area contributed by atoms with Crippen LogP contribution >= 0.6 is 11.6 Å². The molecule has 0 atom stereocenters. The highest BCUT2D eigenvalue weighted by Crippen LogP contribution is 2.37. The lowest BCUT2D eigenvalue weighted by molar-refractivity contribution is 0.0876. The molecule has 9 heteroatoms. The van der Waals surface area contributed by atoms with Crippen LogP contribution in [0.25, 0.3) is 0 Å². The number of rotatable bonds is 4. The summed E-state index contributed by atoms with van der Waals surface area (Å²) in [6.07, 6.45) is 4.47. The van der Waals surface area contributed by atoms with Crippen molar-refractivity contribution in [3.63, 3.8) is 0 Å². The van der Waals surface area contributed by atoms with Gasteiger partial charge in [-0.25, -0.2) is 4.99 Å². The van der Waals surface area contributed by atoms with Gasteiger partial charge in [-0.05, 0) is 51.0 Å². The van der Waals surface area contributed by atoms with E-state index < -0.39 is 5.66 Å². The third-order valence-corrected chi connectivity index (χ3v) is 5.52. The van der Waals surface area contributed by atoms with E-state index in [2.05, 4.69) is 27.7 Å². The van der Waals surface area contributed by atoms with E-state index in [0.29, 0.717) is 11.3 Å². The maximum absolute atomic E-state index is 13.3. The molecule has 144 valence electrons. The van der Waals surface area contributed by atoms with Crippen LogP contribution in [0.5, 0.6) is 0 Å². The molecule has 8 nitrogen and oxygen atoms in total. The quantitative estimate of drug-likeness (QED) is 0.466. The number of amides is 1. The Bertz CT molecular complexity index is 911. The molecular weight excluding hydrogens is 368 g/mol. The van der Waals surface area contributed by atoms with Gasteiger partial charge in [-0.3, -0.25) is 19.6 Å². The summed E-state index contributed by atoms with van der Waals surface area (Å²) in [6, 6.07) is 1.63. The summed E-state index contributed by atoms with van der Waals surface area (Å²) in [5.41, 5.74) is 0.421. The number of hydrogen-bond acceptors (Lipinski definition) is 5. The summed E-state index contributed by atoms with van der Waals surface area (Å²) in [6.45, 7) is 5.09. The number of pyridine rings is 1. The molecule has 3 rings (SSSR count). The number of aromatic nitrogens is 1. The summed E-state index contributed by atoms with van der Waals surface area (Å²) in [7, 11) is 1.62. The summed E-state index contributed by atoms with van der Waals surface area (Å²) >= 11 is 6.14. The van der Waals surface area contributed by atoms with Gasteiger partial charge in [-0.15, -0.1) is 0 Å². The molecule has 4 N–H and O–H groups in total. The van der Waals surface area contributed by atoms with Crippen LogP contribution in [0.3, 0.4) is 0 Å². The Hall–Kier alpha value is -2.61. The Morgan fingerprint density at radius 2 is 2.04 bits per heavy atom. The highest BCUT2D eigenvalue weighted by Gasteiger charge is 2.45. The van der Waals surface area contributed by atoms with Gasteiger partial charge in [0.15, 0.2) is 5.84 Å². The SMILES string of the molecule is C=NC(=N)C(Cl)=C(NC)Nc1cc(C)c2n(c1=O)C1(CCCCC1)NC2=O. The van der Waals surface area contributed by atoms with Crippen molar-refractivity contribution in [3.8, 4) is 0 Å². The average molecular weight is 391 g/mol. The first-order chi connectivity index (χ1) is 12.8. The number of carbonyl (C=O) groups is 1.